The quantitative estimate of drug-likeness (QED) is 0.154. The third-order valence-corrected chi connectivity index (χ3v) is 9.76. The van der Waals surface area contributed by atoms with Gasteiger partial charge in [-0.05, 0) is 59.5 Å². The SMILES string of the molecule is CC(C)CNC(=O)[C@@H](Cc1ccccc1)N(Cc1ccc(Cl)cc1Cl)C(=O)CN(c1cccc(C(F)(F)F)c1)S(=O)(=O)c1ccccc1. The number of anilines is 1. The number of halogens is 5. The molecule has 13 heteroatoms. The van der Waals surface area contributed by atoms with Crippen molar-refractivity contribution in [3.63, 3.8) is 0 Å². The number of carbonyl (C=O) groups is 2. The third kappa shape index (κ3) is 9.52. The Balaban J connectivity index is 1.85. The average molecular weight is 721 g/mol. The van der Waals surface area contributed by atoms with Crippen LogP contribution in [0.2, 0.25) is 10.0 Å². The molecule has 0 radical (unpaired) electrons. The zero-order chi connectivity index (χ0) is 35.1. The van der Waals surface area contributed by atoms with E-state index >= 15 is 0 Å². The Kier molecular flexibility index (Phi) is 12.2. The van der Waals surface area contributed by atoms with Crippen molar-refractivity contribution in [2.75, 3.05) is 17.4 Å². The maximum Gasteiger partial charge on any atom is 0.416 e. The van der Waals surface area contributed by atoms with Gasteiger partial charge in [0, 0.05) is 29.6 Å². The van der Waals surface area contributed by atoms with Crippen molar-refractivity contribution in [1.29, 1.82) is 0 Å². The molecule has 0 unspecified atom stereocenters. The number of benzene rings is 4. The van der Waals surface area contributed by atoms with Crippen molar-refractivity contribution in [1.82, 2.24) is 10.2 Å². The highest BCUT2D eigenvalue weighted by molar-refractivity contribution is 7.92. The molecule has 1 N–H and O–H groups in total. The van der Waals surface area contributed by atoms with Gasteiger partial charge in [-0.1, -0.05) is 97.7 Å². The molecule has 0 saturated carbocycles. The van der Waals surface area contributed by atoms with Crippen LogP contribution in [0.3, 0.4) is 0 Å². The first-order valence-corrected chi connectivity index (χ1v) is 17.2. The highest BCUT2D eigenvalue weighted by Crippen LogP contribution is 2.34. The maximum absolute atomic E-state index is 14.5. The van der Waals surface area contributed by atoms with Crippen LogP contribution in [-0.2, 0) is 38.8 Å². The molecule has 7 nitrogen and oxygen atoms in total. The predicted molar refractivity (Wildman–Crippen MR) is 181 cm³/mol. The van der Waals surface area contributed by atoms with Gasteiger partial charge in [-0.3, -0.25) is 13.9 Å². The summed E-state index contributed by atoms with van der Waals surface area (Å²) in [5.74, 6) is -1.27. The first kappa shape index (κ1) is 36.8. The molecular weight excluding hydrogens is 686 g/mol. The van der Waals surface area contributed by atoms with Gasteiger partial charge in [0.2, 0.25) is 11.8 Å². The van der Waals surface area contributed by atoms with Crippen LogP contribution in [-0.4, -0.2) is 44.3 Å². The molecular formula is C35H34Cl2F3N3O4S. The molecule has 2 amide bonds. The van der Waals surface area contributed by atoms with Gasteiger partial charge in [0.25, 0.3) is 10.0 Å². The van der Waals surface area contributed by atoms with E-state index in [-0.39, 0.29) is 34.5 Å². The fourth-order valence-electron chi connectivity index (χ4n) is 4.90. The van der Waals surface area contributed by atoms with Gasteiger partial charge in [0.15, 0.2) is 0 Å². The lowest BCUT2D eigenvalue weighted by Crippen LogP contribution is -2.53. The molecule has 0 aliphatic carbocycles. The van der Waals surface area contributed by atoms with Crippen LogP contribution in [0.15, 0.2) is 108 Å². The molecule has 48 heavy (non-hydrogen) atoms. The molecule has 4 aromatic rings. The standard InChI is InChI=1S/C35H34Cl2F3N3O4S/c1-24(2)21-41-34(45)32(18-25-10-5-3-6-11-25)42(22-26-16-17-28(36)20-31(26)37)33(44)23-43(48(46,47)30-14-7-4-8-15-30)29-13-9-12-27(19-29)35(38,39)40/h3-17,19-20,24,32H,18,21-23H2,1-2H3,(H,41,45)/t32-/m1/s1. The summed E-state index contributed by atoms with van der Waals surface area (Å²) in [6, 6.07) is 23.2. The molecule has 0 bridgehead atoms. The smallest absolute Gasteiger partial charge is 0.354 e. The van der Waals surface area contributed by atoms with E-state index < -0.39 is 46.2 Å². The normalized spacial score (nSPS) is 12.4. The number of hydrogen-bond acceptors (Lipinski definition) is 4. The first-order valence-electron chi connectivity index (χ1n) is 15.0. The second-order valence-electron chi connectivity index (χ2n) is 11.5. The summed E-state index contributed by atoms with van der Waals surface area (Å²) < 4.78 is 70.0. The molecule has 0 aliphatic heterocycles. The van der Waals surface area contributed by atoms with Crippen LogP contribution in [0, 0.1) is 5.92 Å². The zero-order valence-corrected chi connectivity index (χ0v) is 28.5. The van der Waals surface area contributed by atoms with E-state index in [1.807, 2.05) is 13.8 Å². The zero-order valence-electron chi connectivity index (χ0n) is 26.1. The Morgan fingerprint density at radius 1 is 0.854 bits per heavy atom. The minimum absolute atomic E-state index is 0.0523. The summed E-state index contributed by atoms with van der Waals surface area (Å²) in [4.78, 5) is 29.3. The van der Waals surface area contributed by atoms with Crippen LogP contribution in [0.25, 0.3) is 0 Å². The first-order chi connectivity index (χ1) is 22.7. The number of nitrogens with zero attached hydrogens (tertiary/aromatic N) is 2. The van der Waals surface area contributed by atoms with E-state index in [0.29, 0.717) is 33.1 Å². The molecule has 0 aliphatic rings. The highest BCUT2D eigenvalue weighted by Gasteiger charge is 2.36. The van der Waals surface area contributed by atoms with Gasteiger partial charge in [0.1, 0.15) is 12.6 Å². The molecule has 4 rings (SSSR count). The fourth-order valence-corrected chi connectivity index (χ4v) is 6.79. The van der Waals surface area contributed by atoms with E-state index in [0.717, 1.165) is 12.1 Å². The second-order valence-corrected chi connectivity index (χ2v) is 14.2. The molecule has 0 fully saturated rings. The van der Waals surface area contributed by atoms with E-state index in [1.54, 1.807) is 48.5 Å². The molecule has 0 spiro atoms. The van der Waals surface area contributed by atoms with E-state index in [9.17, 15) is 31.2 Å². The summed E-state index contributed by atoms with van der Waals surface area (Å²) in [6.07, 6.45) is -4.73. The Hall–Kier alpha value is -4.06. The van der Waals surface area contributed by atoms with E-state index in [2.05, 4.69) is 5.32 Å². The van der Waals surface area contributed by atoms with Crippen LogP contribution >= 0.6 is 23.2 Å². The monoisotopic (exact) mass is 719 g/mol. The van der Waals surface area contributed by atoms with Crippen LogP contribution in [0.1, 0.15) is 30.5 Å². The van der Waals surface area contributed by atoms with Gasteiger partial charge >= 0.3 is 6.18 Å². The van der Waals surface area contributed by atoms with Crippen molar-refractivity contribution in [2.45, 2.75) is 43.9 Å². The number of sulfonamides is 1. The lowest BCUT2D eigenvalue weighted by molar-refractivity contribution is -0.140. The summed E-state index contributed by atoms with van der Waals surface area (Å²) in [5, 5.41) is 3.41. The van der Waals surface area contributed by atoms with Gasteiger partial charge in [-0.25, -0.2) is 8.42 Å². The topological polar surface area (TPSA) is 86.8 Å². The Bertz CT molecular complexity index is 1830. The van der Waals surface area contributed by atoms with Gasteiger partial charge < -0.3 is 10.2 Å². The van der Waals surface area contributed by atoms with Gasteiger partial charge in [-0.15, -0.1) is 0 Å². The number of hydrogen-bond donors (Lipinski definition) is 1. The van der Waals surface area contributed by atoms with Crippen molar-refractivity contribution in [3.05, 3.63) is 130 Å². The number of amides is 2. The molecule has 1 atom stereocenters. The van der Waals surface area contributed by atoms with Crippen molar-refractivity contribution >= 4 is 50.7 Å². The summed E-state index contributed by atoms with van der Waals surface area (Å²) in [5.41, 5.74) is -0.342. The molecule has 254 valence electrons. The number of alkyl halides is 3. The van der Waals surface area contributed by atoms with Crippen LogP contribution < -0.4 is 9.62 Å². The minimum Gasteiger partial charge on any atom is -0.354 e. The average Bonchev–Trinajstić information content (AvgIpc) is 3.05. The molecule has 0 aromatic heterocycles. The molecule has 4 aromatic carbocycles. The van der Waals surface area contributed by atoms with Crippen molar-refractivity contribution in [3.8, 4) is 0 Å². The highest BCUT2D eigenvalue weighted by atomic mass is 35.5. The molecule has 0 saturated heterocycles. The maximum atomic E-state index is 14.5. The Labute approximate surface area is 288 Å². The summed E-state index contributed by atoms with van der Waals surface area (Å²) >= 11 is 12.6. The van der Waals surface area contributed by atoms with Crippen LogP contribution in [0.5, 0.6) is 0 Å². The van der Waals surface area contributed by atoms with E-state index in [1.165, 1.54) is 41.3 Å². The van der Waals surface area contributed by atoms with Crippen LogP contribution in [0.4, 0.5) is 18.9 Å². The van der Waals surface area contributed by atoms with E-state index in [4.69, 9.17) is 23.2 Å². The number of rotatable bonds is 13. The second kappa shape index (κ2) is 15.9. The van der Waals surface area contributed by atoms with Gasteiger partial charge in [-0.2, -0.15) is 13.2 Å². The lowest BCUT2D eigenvalue weighted by Gasteiger charge is -2.34. The lowest BCUT2D eigenvalue weighted by atomic mass is 10.0. The van der Waals surface area contributed by atoms with Crippen molar-refractivity contribution < 1.29 is 31.2 Å². The fraction of sp³-hybridized carbons (Fsp3) is 0.257. The molecule has 0 heterocycles. The summed E-state index contributed by atoms with van der Waals surface area (Å²) in [6.45, 7) is 2.96. The number of nitrogens with one attached hydrogen (secondary N) is 1. The Morgan fingerprint density at radius 3 is 2.10 bits per heavy atom. The number of carbonyl (C=O) groups excluding carboxylic acids is 2. The minimum atomic E-state index is -4.78. The van der Waals surface area contributed by atoms with Gasteiger partial charge in [0.05, 0.1) is 16.1 Å². The van der Waals surface area contributed by atoms with Crippen molar-refractivity contribution in [2.24, 2.45) is 5.92 Å². The predicted octanol–water partition coefficient (Wildman–Crippen LogP) is 7.62. The largest absolute Gasteiger partial charge is 0.416 e. The summed E-state index contributed by atoms with van der Waals surface area (Å²) in [7, 11) is -4.58. The Morgan fingerprint density at radius 2 is 1.50 bits per heavy atom. The third-order valence-electron chi connectivity index (χ3n) is 7.38.